The van der Waals surface area contributed by atoms with Gasteiger partial charge in [0.25, 0.3) is 5.91 Å². The van der Waals surface area contributed by atoms with Gasteiger partial charge in [0.05, 0.1) is 18.6 Å². The maximum Gasteiger partial charge on any atom is 0.268 e. The molecule has 0 aliphatic heterocycles. The number of rotatable bonds is 9. The summed E-state index contributed by atoms with van der Waals surface area (Å²) in [5.74, 6) is -0.680. The van der Waals surface area contributed by atoms with Gasteiger partial charge in [-0.25, -0.2) is 0 Å². The molecule has 2 amide bonds. The summed E-state index contributed by atoms with van der Waals surface area (Å²) in [7, 11) is 0.0507. The van der Waals surface area contributed by atoms with Crippen molar-refractivity contribution in [2.75, 3.05) is 13.2 Å². The summed E-state index contributed by atoms with van der Waals surface area (Å²) in [5.41, 5.74) is 1.55. The molecule has 2 N–H and O–H groups in total. The summed E-state index contributed by atoms with van der Waals surface area (Å²) in [6.07, 6.45) is 4.07. The molecule has 2 aromatic rings. The lowest BCUT2D eigenvalue weighted by atomic mass is 9.83. The van der Waals surface area contributed by atoms with Crippen molar-refractivity contribution in [3.8, 4) is 6.07 Å². The third-order valence-corrected chi connectivity index (χ3v) is 6.95. The van der Waals surface area contributed by atoms with Crippen LogP contribution < -0.4 is 10.6 Å². The van der Waals surface area contributed by atoms with E-state index in [9.17, 15) is 9.59 Å². The Labute approximate surface area is 200 Å². The molecule has 1 aromatic heterocycles. The number of benzene rings is 1. The van der Waals surface area contributed by atoms with E-state index in [1.807, 2.05) is 41.0 Å². The smallest absolute Gasteiger partial charge is 0.268 e. The van der Waals surface area contributed by atoms with Crippen LogP contribution in [0.4, 0.5) is 0 Å². The average molecular weight is 574 g/mol. The number of aromatic nitrogens is 1. The van der Waals surface area contributed by atoms with Crippen LogP contribution in [0.25, 0.3) is 10.9 Å². The van der Waals surface area contributed by atoms with Crippen molar-refractivity contribution in [1.29, 1.82) is 6.54 Å². The Morgan fingerprint density at radius 3 is 3.00 bits per heavy atom. The number of amides is 2. The second-order valence-electron chi connectivity index (χ2n) is 7.47. The summed E-state index contributed by atoms with van der Waals surface area (Å²) < 4.78 is 15.0. The highest BCUT2D eigenvalue weighted by molar-refractivity contribution is 14.2. The van der Waals surface area contributed by atoms with Crippen molar-refractivity contribution in [2.45, 2.75) is 44.7 Å². The Kier molecular flexibility index (Phi) is 8.76. The average Bonchev–Trinajstić information content (AvgIpc) is 3.19. The number of nitrogens with zero attached hydrogens (tertiary/aromatic N) is 2. The fraction of sp³-hybridized carbons (Fsp3) is 0.476. The number of hydrogen-bond acceptors (Lipinski definition) is 4. The number of hydrogen-bond donors (Lipinski definition) is 2. The first-order chi connectivity index (χ1) is 15.5. The molecule has 3 rings (SSSR count). The van der Waals surface area contributed by atoms with Gasteiger partial charge in [-0.3, -0.25) is 9.59 Å². The Bertz CT molecular complexity index is 1040. The summed E-state index contributed by atoms with van der Waals surface area (Å²) in [5, 5.41) is 15.5. The predicted molar refractivity (Wildman–Crippen MR) is 134 cm³/mol. The van der Waals surface area contributed by atoms with Crippen LogP contribution in [0.15, 0.2) is 30.3 Å². The first kappa shape index (κ1) is 22.7. The van der Waals surface area contributed by atoms with E-state index in [0.29, 0.717) is 33.2 Å². The first-order valence-electron chi connectivity index (χ1n) is 10.7. The fourth-order valence-corrected chi connectivity index (χ4v) is 5.13. The molecule has 1 saturated carbocycles. The van der Waals surface area contributed by atoms with Crippen LogP contribution in [0, 0.1) is 17.2 Å². The zero-order chi connectivity index (χ0) is 22.9. The van der Waals surface area contributed by atoms with Gasteiger partial charge in [0, 0.05) is 52.2 Å². The molecule has 3 atom stereocenters. The van der Waals surface area contributed by atoms with Crippen molar-refractivity contribution in [3.05, 3.63) is 36.0 Å². The Hall–Kier alpha value is -1.47. The first-order valence-corrected chi connectivity index (χ1v) is 15.0. The highest BCUT2D eigenvalue weighted by atomic mass is 127. The Balaban J connectivity index is 1.76. The minimum Gasteiger partial charge on any atom is -0.347 e. The third kappa shape index (κ3) is 6.51. The van der Waals surface area contributed by atoms with E-state index in [4.69, 9.17) is 10.7 Å². The summed E-state index contributed by atoms with van der Waals surface area (Å²) in [6.45, 7) is 1.12. The number of nitriles is 1. The topological polar surface area (TPSA) is 96.2 Å². The van der Waals surface area contributed by atoms with E-state index >= 15 is 0 Å². The maximum absolute atomic E-state index is 13.3. The minimum atomic E-state index is -0.420. The van der Waals surface area contributed by atoms with Gasteiger partial charge in [-0.05, 0) is 31.4 Å². The summed E-state index contributed by atoms with van der Waals surface area (Å²) in [4.78, 5) is 25.8. The van der Waals surface area contributed by atoms with Crippen molar-refractivity contribution in [2.24, 2.45) is 5.92 Å². The van der Waals surface area contributed by atoms with Crippen LogP contribution in [-0.2, 0) is 23.0 Å². The highest BCUT2D eigenvalue weighted by Gasteiger charge is 2.32. The van der Waals surface area contributed by atoms with Crippen LogP contribution in [0.1, 0.15) is 42.6 Å². The van der Waals surface area contributed by atoms with Gasteiger partial charge in [-0.1, -0.05) is 39.0 Å². The zero-order valence-electron chi connectivity index (χ0n) is 18.1. The molecule has 1 unspecified atom stereocenters. The van der Waals surface area contributed by atoms with Crippen molar-refractivity contribution in [3.63, 3.8) is 0 Å². The molecule has 166 valence electrons. The SMILES string of the molecule is [3H]P=S(I)OCCCn1c(C(=O)N[C@H]2CCCC[C@H]2C(=O)NCC#N)cc2ccccc21. The molecular formula is C21H26IN4O3PS. The summed E-state index contributed by atoms with van der Waals surface area (Å²) in [6, 6.07) is 11.5. The van der Waals surface area contributed by atoms with Crippen LogP contribution in [-0.4, -0.2) is 36.9 Å². The van der Waals surface area contributed by atoms with Gasteiger partial charge >= 0.3 is 0 Å². The molecule has 31 heavy (non-hydrogen) atoms. The van der Waals surface area contributed by atoms with Gasteiger partial charge in [-0.2, -0.15) is 5.26 Å². The van der Waals surface area contributed by atoms with E-state index in [-0.39, 0.29) is 30.3 Å². The normalized spacial score (nSPS) is 20.1. The minimum absolute atomic E-state index is 0.0231. The molecule has 1 fully saturated rings. The molecule has 0 spiro atoms. The number of para-hydroxylation sites is 1. The fourth-order valence-electron chi connectivity index (χ4n) is 4.11. The third-order valence-electron chi connectivity index (χ3n) is 5.51. The molecule has 1 heterocycles. The predicted octanol–water partition coefficient (Wildman–Crippen LogP) is 3.92. The van der Waals surface area contributed by atoms with Crippen molar-refractivity contribution in [1.82, 2.24) is 15.2 Å². The quantitative estimate of drug-likeness (QED) is 0.206. The number of carbonyl (C=O) groups is 2. The zero-order valence-corrected chi connectivity index (χ0v) is 20.9. The molecule has 1 aliphatic rings. The van der Waals surface area contributed by atoms with Gasteiger partial charge in [0.1, 0.15) is 13.5 Å². The number of fused-ring (bicyclic) bond motifs is 1. The number of carbonyl (C=O) groups excluding carboxylic acids is 2. The molecule has 0 bridgehead atoms. The lowest BCUT2D eigenvalue weighted by molar-refractivity contribution is -0.126. The largest absolute Gasteiger partial charge is 0.347 e. The van der Waals surface area contributed by atoms with Crippen molar-refractivity contribution >= 4 is 59.4 Å². The van der Waals surface area contributed by atoms with E-state index in [1.54, 1.807) is 0 Å². The summed E-state index contributed by atoms with van der Waals surface area (Å²) >= 11 is 2.12. The van der Waals surface area contributed by atoms with E-state index in [1.165, 1.54) is 0 Å². The van der Waals surface area contributed by atoms with Gasteiger partial charge < -0.3 is 19.4 Å². The van der Waals surface area contributed by atoms with Crippen LogP contribution in [0.5, 0.6) is 0 Å². The lowest BCUT2D eigenvalue weighted by Gasteiger charge is -2.31. The van der Waals surface area contributed by atoms with Gasteiger partial charge in [-0.15, -0.1) is 0 Å². The van der Waals surface area contributed by atoms with Crippen LogP contribution in [0.2, 0.25) is 0 Å². The molecule has 1 aliphatic carbocycles. The molecular weight excluding hydrogens is 546 g/mol. The highest BCUT2D eigenvalue weighted by Crippen LogP contribution is 2.26. The number of halogens is 1. The number of aryl methyl sites for hydroxylation is 1. The Morgan fingerprint density at radius 1 is 1.39 bits per heavy atom. The van der Waals surface area contributed by atoms with E-state index in [2.05, 4.69) is 31.8 Å². The van der Waals surface area contributed by atoms with Crippen LogP contribution in [0.3, 0.4) is 0 Å². The maximum atomic E-state index is 13.3. The number of nitrogens with one attached hydrogen (secondary N) is 2. The molecule has 7 nitrogen and oxygen atoms in total. The monoisotopic (exact) mass is 574 g/mol. The lowest BCUT2D eigenvalue weighted by Crippen LogP contribution is -2.48. The van der Waals surface area contributed by atoms with E-state index in [0.717, 1.165) is 36.6 Å². The van der Waals surface area contributed by atoms with Crippen molar-refractivity contribution < 1.29 is 13.8 Å². The second-order valence-corrected chi connectivity index (χ2v) is 13.6. The van der Waals surface area contributed by atoms with E-state index < -0.39 is 7.53 Å². The molecule has 10 heteroatoms. The standard InChI is InChI=1S/C21H26IN4O3PS/c22-31(30)29-13-5-12-26-18-9-4-1-6-15(18)14-19(26)21(28)25-17-8-3-2-7-16(17)20(27)24-11-10-23/h1,4,6,9,14,16-17,30H,2-3,5,7-8,11-13H2,(H,24,27)(H,25,28)/t16-,17+,31?/m1/s1/i30T. The van der Waals surface area contributed by atoms with Crippen LogP contribution >= 0.6 is 29.2 Å². The van der Waals surface area contributed by atoms with Gasteiger partial charge in [0.2, 0.25) is 5.91 Å². The molecule has 0 radical (unpaired) electrons. The second kappa shape index (κ2) is 12.0. The van der Waals surface area contributed by atoms with Gasteiger partial charge in [0.15, 0.2) is 0 Å². The molecule has 0 saturated heterocycles. The Morgan fingerprint density at radius 2 is 2.19 bits per heavy atom. The molecule has 1 aromatic carbocycles.